The van der Waals surface area contributed by atoms with Crippen molar-refractivity contribution in [2.45, 2.75) is 24.8 Å². The summed E-state index contributed by atoms with van der Waals surface area (Å²) in [5.74, 6) is 0.610. The Hall–Kier alpha value is -2.74. The number of aryl methyl sites for hydroxylation is 1. The van der Waals surface area contributed by atoms with E-state index in [-0.39, 0.29) is 11.9 Å². The fourth-order valence-electron chi connectivity index (χ4n) is 3.10. The molecule has 3 rings (SSSR count). The Morgan fingerprint density at radius 2 is 1.76 bits per heavy atom. The molecule has 1 aromatic heterocycles. The van der Waals surface area contributed by atoms with Gasteiger partial charge in [-0.1, -0.05) is 0 Å². The average molecular weight is 415 g/mol. The van der Waals surface area contributed by atoms with Gasteiger partial charge in [0, 0.05) is 49.2 Å². The van der Waals surface area contributed by atoms with Crippen LogP contribution in [0, 0.1) is 6.92 Å². The predicted octanol–water partition coefficient (Wildman–Crippen LogP) is 3.26. The summed E-state index contributed by atoms with van der Waals surface area (Å²) in [6.07, 6.45) is 4.80. The number of urea groups is 1. The van der Waals surface area contributed by atoms with Crippen molar-refractivity contribution in [1.29, 1.82) is 0 Å². The van der Waals surface area contributed by atoms with Gasteiger partial charge in [0.1, 0.15) is 5.75 Å². The lowest BCUT2D eigenvalue weighted by molar-refractivity contribution is -0.139. The van der Waals surface area contributed by atoms with Gasteiger partial charge in [0.15, 0.2) is 6.10 Å². The third kappa shape index (κ3) is 5.41. The molecular formula is C21H26N4O3S. The molecule has 1 aliphatic heterocycles. The molecule has 0 saturated carbocycles. The molecule has 0 radical (unpaired) electrons. The second kappa shape index (κ2) is 9.65. The van der Waals surface area contributed by atoms with Crippen molar-refractivity contribution in [2.24, 2.45) is 0 Å². The lowest BCUT2D eigenvalue weighted by Gasteiger charge is -2.35. The Kier molecular flexibility index (Phi) is 6.98. The molecule has 29 heavy (non-hydrogen) atoms. The number of rotatable bonds is 5. The fourth-order valence-corrected chi connectivity index (χ4v) is 3.51. The molecule has 1 atom stereocenters. The molecule has 1 fully saturated rings. The zero-order chi connectivity index (χ0) is 20.8. The Morgan fingerprint density at radius 3 is 2.38 bits per heavy atom. The van der Waals surface area contributed by atoms with Gasteiger partial charge in [-0.05, 0) is 56.0 Å². The number of hydrogen-bond donors (Lipinski definition) is 1. The lowest BCUT2D eigenvalue weighted by Crippen LogP contribution is -2.54. The van der Waals surface area contributed by atoms with E-state index in [0.717, 1.165) is 16.1 Å². The molecule has 1 aromatic carbocycles. The van der Waals surface area contributed by atoms with Gasteiger partial charge in [-0.25, -0.2) is 4.79 Å². The summed E-state index contributed by atoms with van der Waals surface area (Å²) in [6, 6.07) is 9.30. The van der Waals surface area contributed by atoms with Gasteiger partial charge in [0.2, 0.25) is 0 Å². The van der Waals surface area contributed by atoms with E-state index in [4.69, 9.17) is 4.74 Å². The van der Waals surface area contributed by atoms with Crippen molar-refractivity contribution in [1.82, 2.24) is 14.8 Å². The molecule has 8 heteroatoms. The Morgan fingerprint density at radius 1 is 1.10 bits per heavy atom. The van der Waals surface area contributed by atoms with Crippen molar-refractivity contribution in [3.05, 3.63) is 48.3 Å². The number of pyridine rings is 1. The number of piperazine rings is 1. The van der Waals surface area contributed by atoms with Gasteiger partial charge >= 0.3 is 6.03 Å². The predicted molar refractivity (Wildman–Crippen MR) is 114 cm³/mol. The van der Waals surface area contributed by atoms with Crippen molar-refractivity contribution in [3.8, 4) is 5.75 Å². The number of benzene rings is 1. The van der Waals surface area contributed by atoms with Crippen molar-refractivity contribution < 1.29 is 14.3 Å². The summed E-state index contributed by atoms with van der Waals surface area (Å²) < 4.78 is 5.80. The van der Waals surface area contributed by atoms with Gasteiger partial charge in [-0.2, -0.15) is 0 Å². The summed E-state index contributed by atoms with van der Waals surface area (Å²) in [5.41, 5.74) is 1.66. The van der Waals surface area contributed by atoms with Gasteiger partial charge in [-0.3, -0.25) is 9.78 Å². The first-order chi connectivity index (χ1) is 14.0. The molecule has 0 aliphatic carbocycles. The average Bonchev–Trinajstić information content (AvgIpc) is 2.75. The van der Waals surface area contributed by atoms with E-state index in [1.165, 1.54) is 0 Å². The number of thioether (sulfide) groups is 1. The molecular weight excluding hydrogens is 388 g/mol. The van der Waals surface area contributed by atoms with Crippen molar-refractivity contribution in [3.63, 3.8) is 0 Å². The van der Waals surface area contributed by atoms with Gasteiger partial charge < -0.3 is 19.9 Å². The number of ether oxygens (including phenoxy) is 1. The monoisotopic (exact) mass is 414 g/mol. The van der Waals surface area contributed by atoms with Crippen LogP contribution in [0.1, 0.15) is 12.5 Å². The number of nitrogens with zero attached hydrogens (tertiary/aromatic N) is 3. The molecule has 7 nitrogen and oxygen atoms in total. The topological polar surface area (TPSA) is 74.8 Å². The minimum atomic E-state index is -0.574. The van der Waals surface area contributed by atoms with E-state index >= 15 is 0 Å². The fraction of sp³-hybridized carbons (Fsp3) is 0.381. The van der Waals surface area contributed by atoms with Crippen molar-refractivity contribution >= 4 is 29.4 Å². The molecule has 2 aromatic rings. The van der Waals surface area contributed by atoms with E-state index < -0.39 is 6.10 Å². The zero-order valence-corrected chi connectivity index (χ0v) is 17.7. The highest BCUT2D eigenvalue weighted by molar-refractivity contribution is 7.98. The van der Waals surface area contributed by atoms with Crippen LogP contribution in [0.5, 0.6) is 5.75 Å². The number of carbonyl (C=O) groups is 2. The molecule has 2 heterocycles. The van der Waals surface area contributed by atoms with E-state index in [9.17, 15) is 9.59 Å². The number of amides is 3. The maximum atomic E-state index is 12.7. The minimum Gasteiger partial charge on any atom is -0.481 e. The Balaban J connectivity index is 1.49. The smallest absolute Gasteiger partial charge is 0.321 e. The SMILES string of the molecule is CSc1ccc(OC(C)C(=O)N2CCN(C(=O)Nc3ccncc3C)CC2)cc1. The number of anilines is 1. The normalized spacial score (nSPS) is 15.0. The molecule has 3 amide bonds. The minimum absolute atomic E-state index is 0.0658. The highest BCUT2D eigenvalue weighted by atomic mass is 32.2. The summed E-state index contributed by atoms with van der Waals surface area (Å²) >= 11 is 1.66. The third-order valence-corrected chi connectivity index (χ3v) is 5.60. The Bertz CT molecular complexity index is 851. The number of hydrogen-bond acceptors (Lipinski definition) is 5. The molecule has 1 N–H and O–H groups in total. The number of aromatic nitrogens is 1. The summed E-state index contributed by atoms with van der Waals surface area (Å²) in [5, 5.41) is 2.91. The van der Waals surface area contributed by atoms with E-state index in [1.54, 1.807) is 46.9 Å². The molecule has 1 aliphatic rings. The quantitative estimate of drug-likeness (QED) is 0.760. The van der Waals surface area contributed by atoms with Crippen LogP contribution in [0.15, 0.2) is 47.6 Å². The lowest BCUT2D eigenvalue weighted by atomic mass is 10.2. The van der Waals surface area contributed by atoms with Crippen LogP contribution < -0.4 is 10.1 Å². The van der Waals surface area contributed by atoms with Crippen LogP contribution in [-0.4, -0.2) is 65.3 Å². The van der Waals surface area contributed by atoms with Crippen LogP contribution in [0.25, 0.3) is 0 Å². The highest BCUT2D eigenvalue weighted by Crippen LogP contribution is 2.20. The zero-order valence-electron chi connectivity index (χ0n) is 16.9. The number of nitrogens with one attached hydrogen (secondary N) is 1. The third-order valence-electron chi connectivity index (χ3n) is 4.86. The summed E-state index contributed by atoms with van der Waals surface area (Å²) in [7, 11) is 0. The van der Waals surface area contributed by atoms with Gasteiger partial charge in [0.25, 0.3) is 5.91 Å². The maximum Gasteiger partial charge on any atom is 0.321 e. The van der Waals surface area contributed by atoms with Crippen LogP contribution in [-0.2, 0) is 4.79 Å². The first kappa shape index (κ1) is 21.0. The first-order valence-electron chi connectivity index (χ1n) is 9.54. The van der Waals surface area contributed by atoms with Crippen LogP contribution in [0.4, 0.5) is 10.5 Å². The summed E-state index contributed by atoms with van der Waals surface area (Å²) in [6.45, 7) is 5.60. The molecule has 0 spiro atoms. The standard InChI is InChI=1S/C21H26N4O3S/c1-15-14-22-9-8-19(15)23-21(27)25-12-10-24(11-13-25)20(26)16(2)28-17-4-6-18(29-3)7-5-17/h4-9,14,16H,10-13H2,1-3H3,(H,22,23,27). The van der Waals surface area contributed by atoms with Gasteiger partial charge in [-0.15, -0.1) is 11.8 Å². The van der Waals surface area contributed by atoms with Gasteiger partial charge in [0.05, 0.1) is 0 Å². The summed E-state index contributed by atoms with van der Waals surface area (Å²) in [4.78, 5) is 33.8. The maximum absolute atomic E-state index is 12.7. The Labute approximate surface area is 175 Å². The van der Waals surface area contributed by atoms with E-state index in [2.05, 4.69) is 10.3 Å². The second-order valence-electron chi connectivity index (χ2n) is 6.87. The molecule has 0 bridgehead atoms. The first-order valence-corrected chi connectivity index (χ1v) is 10.8. The van der Waals surface area contributed by atoms with E-state index in [0.29, 0.717) is 31.9 Å². The van der Waals surface area contributed by atoms with E-state index in [1.807, 2.05) is 37.4 Å². The molecule has 1 saturated heterocycles. The molecule has 154 valence electrons. The van der Waals surface area contributed by atoms with Crippen LogP contribution >= 0.6 is 11.8 Å². The van der Waals surface area contributed by atoms with Crippen LogP contribution in [0.2, 0.25) is 0 Å². The number of carbonyl (C=O) groups excluding carboxylic acids is 2. The molecule has 1 unspecified atom stereocenters. The second-order valence-corrected chi connectivity index (χ2v) is 7.75. The largest absolute Gasteiger partial charge is 0.481 e. The van der Waals surface area contributed by atoms with Crippen LogP contribution in [0.3, 0.4) is 0 Å². The highest BCUT2D eigenvalue weighted by Gasteiger charge is 2.28. The van der Waals surface area contributed by atoms with Crippen molar-refractivity contribution in [2.75, 3.05) is 37.8 Å².